The Morgan fingerprint density at radius 1 is 1.42 bits per heavy atom. The van der Waals surface area contributed by atoms with Crippen molar-refractivity contribution < 1.29 is 14.3 Å². The summed E-state index contributed by atoms with van der Waals surface area (Å²) in [6, 6.07) is 6.30. The third-order valence-electron chi connectivity index (χ3n) is 3.29. The highest BCUT2D eigenvalue weighted by atomic mass is 19.1. The van der Waals surface area contributed by atoms with E-state index in [0.717, 1.165) is 0 Å². The summed E-state index contributed by atoms with van der Waals surface area (Å²) < 4.78 is 13.6. The van der Waals surface area contributed by atoms with Crippen molar-refractivity contribution >= 4 is 5.91 Å². The van der Waals surface area contributed by atoms with Crippen molar-refractivity contribution in [2.45, 2.75) is 33.1 Å². The quantitative estimate of drug-likeness (QED) is 0.831. The van der Waals surface area contributed by atoms with Gasteiger partial charge in [0.2, 0.25) is 5.91 Å². The van der Waals surface area contributed by atoms with Gasteiger partial charge in [0.1, 0.15) is 5.82 Å². The van der Waals surface area contributed by atoms with E-state index in [2.05, 4.69) is 5.32 Å². The molecule has 3 nitrogen and oxygen atoms in total. The van der Waals surface area contributed by atoms with Gasteiger partial charge in [0, 0.05) is 13.2 Å². The highest BCUT2D eigenvalue weighted by Gasteiger charge is 2.22. The zero-order valence-electron chi connectivity index (χ0n) is 11.7. The minimum absolute atomic E-state index is 0.0890. The van der Waals surface area contributed by atoms with Crippen LogP contribution in [0.4, 0.5) is 4.39 Å². The molecule has 0 radical (unpaired) electrons. The van der Waals surface area contributed by atoms with Gasteiger partial charge in [-0.3, -0.25) is 4.79 Å². The lowest BCUT2D eigenvalue weighted by atomic mass is 9.89. The molecule has 1 unspecified atom stereocenters. The molecule has 0 saturated heterocycles. The topological polar surface area (TPSA) is 49.3 Å². The van der Waals surface area contributed by atoms with Gasteiger partial charge in [-0.2, -0.15) is 0 Å². The van der Waals surface area contributed by atoms with Gasteiger partial charge in [0.05, 0.1) is 5.92 Å². The summed E-state index contributed by atoms with van der Waals surface area (Å²) in [7, 11) is 0. The summed E-state index contributed by atoms with van der Waals surface area (Å²) in [6.45, 7) is 6.18. The molecule has 1 atom stereocenters. The molecule has 1 amide bonds. The van der Waals surface area contributed by atoms with Crippen LogP contribution in [0, 0.1) is 11.2 Å². The first-order valence-electron chi connectivity index (χ1n) is 6.50. The van der Waals surface area contributed by atoms with E-state index in [1.165, 1.54) is 6.07 Å². The molecule has 4 heteroatoms. The van der Waals surface area contributed by atoms with E-state index in [1.54, 1.807) is 25.1 Å². The Labute approximate surface area is 113 Å². The van der Waals surface area contributed by atoms with E-state index in [9.17, 15) is 9.18 Å². The molecule has 2 N–H and O–H groups in total. The standard InChI is InChI=1S/C15H22FNO2/c1-11(12-6-4-5-7-13(12)16)14(19)17-10-15(2,3)8-9-18/h4-7,11,18H,8-10H2,1-3H3,(H,17,19). The molecule has 0 aromatic heterocycles. The number of aliphatic hydroxyl groups is 1. The molecular formula is C15H22FNO2. The summed E-state index contributed by atoms with van der Waals surface area (Å²) in [6.07, 6.45) is 0.612. The number of halogens is 1. The third kappa shape index (κ3) is 4.63. The number of carbonyl (C=O) groups excluding carboxylic acids is 1. The van der Waals surface area contributed by atoms with Crippen molar-refractivity contribution in [2.75, 3.05) is 13.2 Å². The average molecular weight is 267 g/mol. The van der Waals surface area contributed by atoms with E-state index >= 15 is 0 Å². The third-order valence-corrected chi connectivity index (χ3v) is 3.29. The van der Waals surface area contributed by atoms with Crippen LogP contribution in [0.5, 0.6) is 0 Å². The summed E-state index contributed by atoms with van der Waals surface area (Å²) in [5, 5.41) is 11.7. The van der Waals surface area contributed by atoms with Gasteiger partial charge in [-0.05, 0) is 30.4 Å². The van der Waals surface area contributed by atoms with Crippen molar-refractivity contribution in [3.8, 4) is 0 Å². The van der Waals surface area contributed by atoms with Gasteiger partial charge < -0.3 is 10.4 Å². The van der Waals surface area contributed by atoms with Crippen LogP contribution in [0.15, 0.2) is 24.3 Å². The van der Waals surface area contributed by atoms with Gasteiger partial charge in [0.15, 0.2) is 0 Å². The highest BCUT2D eigenvalue weighted by Crippen LogP contribution is 2.21. The second-order valence-electron chi connectivity index (χ2n) is 5.60. The van der Waals surface area contributed by atoms with Crippen molar-refractivity contribution in [3.05, 3.63) is 35.6 Å². The fourth-order valence-corrected chi connectivity index (χ4v) is 1.84. The van der Waals surface area contributed by atoms with Crippen LogP contribution in [-0.2, 0) is 4.79 Å². The first-order valence-corrected chi connectivity index (χ1v) is 6.50. The van der Waals surface area contributed by atoms with E-state index in [-0.39, 0.29) is 23.7 Å². The van der Waals surface area contributed by atoms with E-state index < -0.39 is 5.92 Å². The van der Waals surface area contributed by atoms with Crippen LogP contribution in [0.3, 0.4) is 0 Å². The van der Waals surface area contributed by atoms with Crippen molar-refractivity contribution in [3.63, 3.8) is 0 Å². The first kappa shape index (κ1) is 15.6. The average Bonchev–Trinajstić information content (AvgIpc) is 2.36. The number of benzene rings is 1. The van der Waals surface area contributed by atoms with Crippen LogP contribution in [-0.4, -0.2) is 24.2 Å². The Balaban J connectivity index is 2.62. The number of rotatable bonds is 6. The Bertz CT molecular complexity index is 432. The maximum atomic E-state index is 13.6. The minimum Gasteiger partial charge on any atom is -0.396 e. The van der Waals surface area contributed by atoms with Gasteiger partial charge in [0.25, 0.3) is 0 Å². The molecule has 0 aliphatic rings. The lowest BCUT2D eigenvalue weighted by molar-refractivity contribution is -0.122. The number of hydrogen-bond donors (Lipinski definition) is 2. The van der Waals surface area contributed by atoms with Crippen LogP contribution in [0.1, 0.15) is 38.7 Å². The van der Waals surface area contributed by atoms with E-state index in [0.29, 0.717) is 18.5 Å². The summed E-state index contributed by atoms with van der Waals surface area (Å²) in [5.74, 6) is -1.08. The van der Waals surface area contributed by atoms with Gasteiger partial charge >= 0.3 is 0 Å². The van der Waals surface area contributed by atoms with Gasteiger partial charge in [-0.25, -0.2) is 4.39 Å². The van der Waals surface area contributed by atoms with Crippen LogP contribution >= 0.6 is 0 Å². The largest absolute Gasteiger partial charge is 0.396 e. The van der Waals surface area contributed by atoms with Crippen LogP contribution < -0.4 is 5.32 Å². The van der Waals surface area contributed by atoms with Crippen LogP contribution in [0.2, 0.25) is 0 Å². The maximum Gasteiger partial charge on any atom is 0.227 e. The minimum atomic E-state index is -0.522. The molecule has 0 aliphatic heterocycles. The zero-order chi connectivity index (χ0) is 14.5. The summed E-state index contributed by atoms with van der Waals surface area (Å²) in [4.78, 5) is 12.0. The number of amides is 1. The van der Waals surface area contributed by atoms with E-state index in [4.69, 9.17) is 5.11 Å². The highest BCUT2D eigenvalue weighted by molar-refractivity contribution is 5.83. The molecule has 0 aliphatic carbocycles. The molecule has 1 aromatic carbocycles. The lowest BCUT2D eigenvalue weighted by Gasteiger charge is -2.25. The predicted octanol–water partition coefficient (Wildman–Crippen LogP) is 2.45. The van der Waals surface area contributed by atoms with Gasteiger partial charge in [-0.1, -0.05) is 32.0 Å². The molecule has 0 spiro atoms. The van der Waals surface area contributed by atoms with Crippen molar-refractivity contribution in [1.82, 2.24) is 5.32 Å². The SMILES string of the molecule is CC(C(=O)NCC(C)(C)CCO)c1ccccc1F. The molecule has 0 heterocycles. The van der Waals surface area contributed by atoms with Crippen molar-refractivity contribution in [1.29, 1.82) is 0 Å². The maximum absolute atomic E-state index is 13.6. The molecule has 0 bridgehead atoms. The fraction of sp³-hybridized carbons (Fsp3) is 0.533. The Kier molecular flexibility index (Phi) is 5.48. The van der Waals surface area contributed by atoms with Crippen molar-refractivity contribution in [2.24, 2.45) is 5.41 Å². The zero-order valence-corrected chi connectivity index (χ0v) is 11.7. The molecule has 1 rings (SSSR count). The monoisotopic (exact) mass is 267 g/mol. The normalized spacial score (nSPS) is 13.1. The summed E-state index contributed by atoms with van der Waals surface area (Å²) in [5.41, 5.74) is 0.235. The molecular weight excluding hydrogens is 245 g/mol. The fourth-order valence-electron chi connectivity index (χ4n) is 1.84. The second kappa shape index (κ2) is 6.66. The summed E-state index contributed by atoms with van der Waals surface area (Å²) >= 11 is 0. The molecule has 19 heavy (non-hydrogen) atoms. The second-order valence-corrected chi connectivity index (χ2v) is 5.60. The number of carbonyl (C=O) groups is 1. The number of aliphatic hydroxyl groups excluding tert-OH is 1. The first-order chi connectivity index (χ1) is 8.87. The molecule has 1 aromatic rings. The predicted molar refractivity (Wildman–Crippen MR) is 73.3 cm³/mol. The number of hydrogen-bond acceptors (Lipinski definition) is 2. The molecule has 0 fully saturated rings. The molecule has 0 saturated carbocycles. The Morgan fingerprint density at radius 3 is 2.63 bits per heavy atom. The van der Waals surface area contributed by atoms with E-state index in [1.807, 2.05) is 13.8 Å². The van der Waals surface area contributed by atoms with Gasteiger partial charge in [-0.15, -0.1) is 0 Å². The number of nitrogens with one attached hydrogen (secondary N) is 1. The Hall–Kier alpha value is -1.42. The molecule has 106 valence electrons. The smallest absolute Gasteiger partial charge is 0.227 e. The Morgan fingerprint density at radius 2 is 2.05 bits per heavy atom. The lowest BCUT2D eigenvalue weighted by Crippen LogP contribution is -2.36. The van der Waals surface area contributed by atoms with Crippen LogP contribution in [0.25, 0.3) is 0 Å².